The van der Waals surface area contributed by atoms with Crippen molar-refractivity contribution < 1.29 is 9.53 Å². The average molecular weight is 365 g/mol. The lowest BCUT2D eigenvalue weighted by molar-refractivity contribution is -0.126. The van der Waals surface area contributed by atoms with Crippen molar-refractivity contribution >= 4 is 5.91 Å². The maximum Gasteiger partial charge on any atom is 0.242 e. The van der Waals surface area contributed by atoms with Crippen LogP contribution < -0.4 is 10.1 Å². The van der Waals surface area contributed by atoms with Crippen LogP contribution in [0.25, 0.3) is 0 Å². The molecule has 1 fully saturated rings. The number of fused-ring (bicyclic) bond motifs is 1. The second kappa shape index (κ2) is 8.09. The Balaban J connectivity index is 1.52. The number of carbonyl (C=O) groups excluding carboxylic acids is 1. The van der Waals surface area contributed by atoms with E-state index in [2.05, 4.69) is 27.3 Å². The van der Waals surface area contributed by atoms with Gasteiger partial charge < -0.3 is 10.1 Å². The van der Waals surface area contributed by atoms with Crippen LogP contribution in [-0.2, 0) is 24.2 Å². The number of ether oxygens (including phenoxy) is 1. The van der Waals surface area contributed by atoms with Crippen molar-refractivity contribution in [2.24, 2.45) is 0 Å². The van der Waals surface area contributed by atoms with Crippen molar-refractivity contribution in [1.82, 2.24) is 15.2 Å². The zero-order chi connectivity index (χ0) is 18.6. The van der Waals surface area contributed by atoms with Crippen molar-refractivity contribution in [3.8, 4) is 5.75 Å². The summed E-state index contributed by atoms with van der Waals surface area (Å²) in [7, 11) is 1.70. The molecule has 1 N–H and O–H groups in total. The van der Waals surface area contributed by atoms with Gasteiger partial charge in [0, 0.05) is 24.5 Å². The summed E-state index contributed by atoms with van der Waals surface area (Å²) in [6.07, 6.45) is 9.27. The van der Waals surface area contributed by atoms with Crippen LogP contribution in [0.4, 0.5) is 0 Å². The Morgan fingerprint density at radius 1 is 1.22 bits per heavy atom. The molecule has 2 aromatic rings. The highest BCUT2D eigenvalue weighted by atomic mass is 16.5. The lowest BCUT2D eigenvalue weighted by atomic mass is 10.0. The Bertz CT molecular complexity index is 801. The first-order valence-electron chi connectivity index (χ1n) is 9.86. The minimum atomic E-state index is -0.276. The third-order valence-corrected chi connectivity index (χ3v) is 5.70. The van der Waals surface area contributed by atoms with Gasteiger partial charge >= 0.3 is 0 Å². The third kappa shape index (κ3) is 3.83. The topological polar surface area (TPSA) is 54.5 Å². The highest BCUT2D eigenvalue weighted by molar-refractivity contribution is 5.83. The number of carbonyl (C=O) groups is 1. The van der Waals surface area contributed by atoms with Gasteiger partial charge in [-0.2, -0.15) is 0 Å². The predicted octanol–water partition coefficient (Wildman–Crippen LogP) is 3.03. The summed E-state index contributed by atoms with van der Waals surface area (Å²) in [5, 5.41) is 3.15. The van der Waals surface area contributed by atoms with E-state index in [9.17, 15) is 4.79 Å². The molecule has 5 heteroatoms. The normalized spacial score (nSPS) is 17.5. The number of likely N-dealkylation sites (tertiary alicyclic amines) is 1. The van der Waals surface area contributed by atoms with Crippen molar-refractivity contribution in [2.75, 3.05) is 20.2 Å². The van der Waals surface area contributed by atoms with E-state index < -0.39 is 0 Å². The van der Waals surface area contributed by atoms with E-state index in [0.717, 1.165) is 55.6 Å². The molecule has 5 nitrogen and oxygen atoms in total. The number of methoxy groups -OCH3 is 1. The van der Waals surface area contributed by atoms with E-state index in [1.165, 1.54) is 17.5 Å². The molecule has 0 bridgehead atoms. The first-order chi connectivity index (χ1) is 13.3. The van der Waals surface area contributed by atoms with E-state index in [0.29, 0.717) is 6.54 Å². The Morgan fingerprint density at radius 2 is 2.00 bits per heavy atom. The van der Waals surface area contributed by atoms with E-state index in [1.54, 1.807) is 19.5 Å². The van der Waals surface area contributed by atoms with Gasteiger partial charge in [-0.15, -0.1) is 0 Å². The van der Waals surface area contributed by atoms with E-state index in [4.69, 9.17) is 4.74 Å². The molecule has 0 radical (unpaired) electrons. The Hall–Kier alpha value is -2.40. The Labute approximate surface area is 160 Å². The second-order valence-corrected chi connectivity index (χ2v) is 7.44. The molecule has 27 heavy (non-hydrogen) atoms. The number of pyridine rings is 1. The van der Waals surface area contributed by atoms with Crippen molar-refractivity contribution in [2.45, 2.75) is 44.7 Å². The molecule has 1 aliphatic carbocycles. The van der Waals surface area contributed by atoms with Gasteiger partial charge in [-0.05, 0) is 74.0 Å². The van der Waals surface area contributed by atoms with Crippen LogP contribution >= 0.6 is 0 Å². The number of benzene rings is 1. The molecule has 1 aromatic heterocycles. The van der Waals surface area contributed by atoms with Gasteiger partial charge in [0.25, 0.3) is 0 Å². The molecule has 1 aliphatic heterocycles. The Kier molecular flexibility index (Phi) is 5.39. The zero-order valence-electron chi connectivity index (χ0n) is 15.9. The highest BCUT2D eigenvalue weighted by Gasteiger charge is 2.30. The minimum Gasteiger partial charge on any atom is -0.496 e. The number of amides is 1. The summed E-state index contributed by atoms with van der Waals surface area (Å²) in [6.45, 7) is 2.39. The fourth-order valence-electron chi connectivity index (χ4n) is 4.33. The quantitative estimate of drug-likeness (QED) is 0.855. The molecule has 0 saturated carbocycles. The van der Waals surface area contributed by atoms with Crippen LogP contribution in [0.1, 0.15) is 47.6 Å². The average Bonchev–Trinajstić information content (AvgIpc) is 3.38. The van der Waals surface area contributed by atoms with Crippen molar-refractivity contribution in [1.29, 1.82) is 0 Å². The number of aryl methyl sites for hydroxylation is 2. The molecule has 1 amide bonds. The summed E-state index contributed by atoms with van der Waals surface area (Å²) < 4.78 is 5.58. The summed E-state index contributed by atoms with van der Waals surface area (Å²) in [5.41, 5.74) is 4.78. The molecular weight excluding hydrogens is 338 g/mol. The van der Waals surface area contributed by atoms with Crippen molar-refractivity contribution in [3.63, 3.8) is 0 Å². The van der Waals surface area contributed by atoms with Crippen LogP contribution in [0, 0.1) is 0 Å². The van der Waals surface area contributed by atoms with E-state index in [1.807, 2.05) is 12.1 Å². The van der Waals surface area contributed by atoms with Gasteiger partial charge in [0.1, 0.15) is 11.8 Å². The largest absolute Gasteiger partial charge is 0.496 e. The number of hydrogen-bond acceptors (Lipinski definition) is 4. The maximum absolute atomic E-state index is 13.1. The van der Waals surface area contributed by atoms with Crippen molar-refractivity contribution in [3.05, 3.63) is 58.9 Å². The standard InChI is InChI=1S/C22H27N3O2/c1-27-20-13-17-7-4-6-16(17)12-19(20)15-24-22(26)21(25-10-2-3-11-25)18-8-5-9-23-14-18/h5,8-9,12-14,21H,2-4,6-7,10-11,15H2,1H3,(H,24,26)/t21-/m1/s1. The SMILES string of the molecule is COc1cc2c(cc1CNC(=O)[C@@H](c1cccnc1)N1CCCC1)CCC2. The van der Waals surface area contributed by atoms with E-state index in [-0.39, 0.29) is 11.9 Å². The van der Waals surface area contributed by atoms with Gasteiger partial charge in [0.15, 0.2) is 0 Å². The fraction of sp³-hybridized carbons (Fsp3) is 0.455. The maximum atomic E-state index is 13.1. The van der Waals surface area contributed by atoms with Gasteiger partial charge in [0.2, 0.25) is 5.91 Å². The molecule has 2 aliphatic rings. The summed E-state index contributed by atoms with van der Waals surface area (Å²) in [5.74, 6) is 0.905. The van der Waals surface area contributed by atoms with E-state index >= 15 is 0 Å². The number of rotatable bonds is 6. The molecule has 2 heterocycles. The third-order valence-electron chi connectivity index (χ3n) is 5.70. The number of nitrogens with one attached hydrogen (secondary N) is 1. The fourth-order valence-corrected chi connectivity index (χ4v) is 4.33. The second-order valence-electron chi connectivity index (χ2n) is 7.44. The molecule has 0 unspecified atom stereocenters. The van der Waals surface area contributed by atoms with Gasteiger partial charge in [-0.1, -0.05) is 12.1 Å². The molecule has 0 spiro atoms. The first-order valence-corrected chi connectivity index (χ1v) is 9.86. The van der Waals surface area contributed by atoms with Crippen LogP contribution in [0.15, 0.2) is 36.7 Å². The van der Waals surface area contributed by atoms with Crippen LogP contribution in [-0.4, -0.2) is 36.0 Å². The van der Waals surface area contributed by atoms with Gasteiger partial charge in [-0.3, -0.25) is 14.7 Å². The lowest BCUT2D eigenvalue weighted by Crippen LogP contribution is -2.39. The molecule has 4 rings (SSSR count). The number of aromatic nitrogens is 1. The molecular formula is C22H27N3O2. The number of hydrogen-bond donors (Lipinski definition) is 1. The first kappa shape index (κ1) is 18.0. The van der Waals surface area contributed by atoms with Crippen LogP contribution in [0.3, 0.4) is 0 Å². The molecule has 1 aromatic carbocycles. The van der Waals surface area contributed by atoms with Gasteiger partial charge in [0.05, 0.1) is 7.11 Å². The summed E-state index contributed by atoms with van der Waals surface area (Å²) in [6, 6.07) is 7.96. The molecule has 1 saturated heterocycles. The van der Waals surface area contributed by atoms with Gasteiger partial charge in [-0.25, -0.2) is 0 Å². The van der Waals surface area contributed by atoms with Crippen LogP contribution in [0.5, 0.6) is 5.75 Å². The monoisotopic (exact) mass is 365 g/mol. The number of nitrogens with zero attached hydrogens (tertiary/aromatic N) is 2. The molecule has 142 valence electrons. The summed E-state index contributed by atoms with van der Waals surface area (Å²) >= 11 is 0. The highest BCUT2D eigenvalue weighted by Crippen LogP contribution is 2.30. The molecule has 1 atom stereocenters. The Morgan fingerprint density at radius 3 is 2.70 bits per heavy atom. The zero-order valence-corrected chi connectivity index (χ0v) is 15.9. The summed E-state index contributed by atoms with van der Waals surface area (Å²) in [4.78, 5) is 19.6. The smallest absolute Gasteiger partial charge is 0.242 e. The lowest BCUT2D eigenvalue weighted by Gasteiger charge is -2.26. The predicted molar refractivity (Wildman–Crippen MR) is 105 cm³/mol. The van der Waals surface area contributed by atoms with Crippen LogP contribution in [0.2, 0.25) is 0 Å². The minimum absolute atomic E-state index is 0.0347.